The molecule has 0 spiro atoms. The summed E-state index contributed by atoms with van der Waals surface area (Å²) in [5.41, 5.74) is 3.92. The van der Waals surface area contributed by atoms with Gasteiger partial charge in [0.2, 0.25) is 0 Å². The highest BCUT2D eigenvalue weighted by Gasteiger charge is 2.11. The van der Waals surface area contributed by atoms with Crippen LogP contribution in [0.5, 0.6) is 0 Å². The Morgan fingerprint density at radius 2 is 1.67 bits per heavy atom. The largest absolute Gasteiger partial charge is 0.339 e. The molecule has 3 rings (SSSR count). The van der Waals surface area contributed by atoms with Crippen LogP contribution >= 0.6 is 23.2 Å². The lowest BCUT2D eigenvalue weighted by Crippen LogP contribution is -2.00. The van der Waals surface area contributed by atoms with Crippen LogP contribution in [0.1, 0.15) is 11.3 Å². The van der Waals surface area contributed by atoms with Crippen LogP contribution in [0, 0.1) is 18.3 Å². The Hall–Kier alpha value is -2.54. The zero-order valence-corrected chi connectivity index (χ0v) is 14.4. The van der Waals surface area contributed by atoms with Crippen LogP contribution in [0.15, 0.2) is 54.6 Å². The Morgan fingerprint density at radius 3 is 2.29 bits per heavy atom. The van der Waals surface area contributed by atoms with E-state index in [9.17, 15) is 5.26 Å². The number of nitriles is 1. The molecule has 0 fully saturated rings. The molecular weight excluding hydrogens is 341 g/mol. The second kappa shape index (κ2) is 6.92. The van der Waals surface area contributed by atoms with Crippen molar-refractivity contribution in [1.29, 1.82) is 5.26 Å². The van der Waals surface area contributed by atoms with Crippen LogP contribution in [0.25, 0.3) is 11.1 Å². The highest BCUT2D eigenvalue weighted by atomic mass is 35.5. The second-order valence-electron chi connectivity index (χ2n) is 5.28. The molecule has 5 heteroatoms. The van der Waals surface area contributed by atoms with Crippen molar-refractivity contribution in [2.24, 2.45) is 0 Å². The van der Waals surface area contributed by atoms with Gasteiger partial charge >= 0.3 is 0 Å². The molecule has 1 aromatic heterocycles. The lowest BCUT2D eigenvalue weighted by molar-refractivity contribution is 1.19. The quantitative estimate of drug-likeness (QED) is 0.629. The van der Waals surface area contributed by atoms with Gasteiger partial charge in [-0.15, -0.1) is 0 Å². The zero-order valence-electron chi connectivity index (χ0n) is 12.8. The maximum atomic E-state index is 9.49. The van der Waals surface area contributed by atoms with Crippen molar-refractivity contribution in [2.45, 2.75) is 6.92 Å². The van der Waals surface area contributed by atoms with Gasteiger partial charge in [0.05, 0.1) is 5.56 Å². The van der Waals surface area contributed by atoms with Crippen LogP contribution in [0.2, 0.25) is 10.0 Å². The first-order valence-electron chi connectivity index (χ1n) is 7.27. The van der Waals surface area contributed by atoms with Crippen molar-refractivity contribution in [3.05, 3.63) is 75.9 Å². The molecule has 0 aliphatic rings. The van der Waals surface area contributed by atoms with Gasteiger partial charge in [-0.2, -0.15) is 5.26 Å². The summed E-state index contributed by atoms with van der Waals surface area (Å²) in [7, 11) is 0. The highest BCUT2D eigenvalue weighted by molar-refractivity contribution is 6.35. The van der Waals surface area contributed by atoms with Gasteiger partial charge in [0, 0.05) is 27.0 Å². The maximum Gasteiger partial charge on any atom is 0.148 e. The molecular formula is C19H13Cl2N3. The SMILES string of the molecule is Cc1nc(Nc2cc(Cl)cc(Cl)c2)c(C#N)cc1-c1ccccc1. The highest BCUT2D eigenvalue weighted by Crippen LogP contribution is 2.29. The minimum absolute atomic E-state index is 0.454. The Balaban J connectivity index is 2.03. The van der Waals surface area contributed by atoms with Crippen molar-refractivity contribution in [2.75, 3.05) is 5.32 Å². The van der Waals surface area contributed by atoms with Gasteiger partial charge in [-0.25, -0.2) is 4.98 Å². The van der Waals surface area contributed by atoms with E-state index in [0.29, 0.717) is 27.1 Å². The summed E-state index contributed by atoms with van der Waals surface area (Å²) in [5.74, 6) is 0.480. The fraction of sp³-hybridized carbons (Fsp3) is 0.0526. The monoisotopic (exact) mass is 353 g/mol. The van der Waals surface area contributed by atoms with Gasteiger partial charge in [-0.1, -0.05) is 53.5 Å². The molecule has 3 aromatic rings. The number of aromatic nitrogens is 1. The number of nitrogens with zero attached hydrogens (tertiary/aromatic N) is 2. The third kappa shape index (κ3) is 3.51. The van der Waals surface area contributed by atoms with E-state index in [-0.39, 0.29) is 0 Å². The van der Waals surface area contributed by atoms with E-state index in [0.717, 1.165) is 16.8 Å². The molecule has 0 aliphatic carbocycles. The molecule has 0 radical (unpaired) electrons. The maximum absolute atomic E-state index is 9.49. The smallest absolute Gasteiger partial charge is 0.148 e. The number of hydrogen-bond acceptors (Lipinski definition) is 3. The van der Waals surface area contributed by atoms with Crippen molar-refractivity contribution >= 4 is 34.7 Å². The van der Waals surface area contributed by atoms with Crippen LogP contribution in [0.4, 0.5) is 11.5 Å². The Morgan fingerprint density at radius 1 is 1.00 bits per heavy atom. The lowest BCUT2D eigenvalue weighted by Gasteiger charge is -2.12. The van der Waals surface area contributed by atoms with E-state index in [1.54, 1.807) is 18.2 Å². The summed E-state index contributed by atoms with van der Waals surface area (Å²) in [5, 5.41) is 13.6. The predicted molar refractivity (Wildman–Crippen MR) is 98.9 cm³/mol. The molecule has 0 amide bonds. The molecule has 0 saturated heterocycles. The first-order chi connectivity index (χ1) is 11.6. The number of anilines is 2. The van der Waals surface area contributed by atoms with E-state index < -0.39 is 0 Å². The predicted octanol–water partition coefficient (Wildman–Crippen LogP) is 5.98. The molecule has 0 saturated carbocycles. The molecule has 24 heavy (non-hydrogen) atoms. The fourth-order valence-corrected chi connectivity index (χ4v) is 2.98. The number of hydrogen-bond donors (Lipinski definition) is 1. The number of rotatable bonds is 3. The van der Waals surface area contributed by atoms with Crippen LogP contribution in [-0.2, 0) is 0 Å². The minimum Gasteiger partial charge on any atom is -0.339 e. The van der Waals surface area contributed by atoms with Gasteiger partial charge in [0.1, 0.15) is 11.9 Å². The van der Waals surface area contributed by atoms with Crippen molar-refractivity contribution < 1.29 is 0 Å². The van der Waals surface area contributed by atoms with Crippen LogP contribution in [-0.4, -0.2) is 4.98 Å². The second-order valence-corrected chi connectivity index (χ2v) is 6.15. The van der Waals surface area contributed by atoms with Crippen molar-refractivity contribution in [1.82, 2.24) is 4.98 Å². The Labute approximate surface area is 150 Å². The van der Waals surface area contributed by atoms with Crippen LogP contribution < -0.4 is 5.32 Å². The van der Waals surface area contributed by atoms with Gasteiger partial charge < -0.3 is 5.32 Å². The number of benzene rings is 2. The van der Waals surface area contributed by atoms with Gasteiger partial charge in [-0.05, 0) is 36.8 Å². The summed E-state index contributed by atoms with van der Waals surface area (Å²) in [6, 6.07) is 19.0. The normalized spacial score (nSPS) is 10.2. The van der Waals surface area contributed by atoms with Crippen LogP contribution in [0.3, 0.4) is 0 Å². The Kier molecular flexibility index (Phi) is 4.71. The summed E-state index contributed by atoms with van der Waals surface area (Å²) in [6.07, 6.45) is 0. The summed E-state index contributed by atoms with van der Waals surface area (Å²) in [6.45, 7) is 1.92. The molecule has 0 bridgehead atoms. The molecule has 3 nitrogen and oxygen atoms in total. The van der Waals surface area contributed by atoms with E-state index in [2.05, 4.69) is 16.4 Å². The summed E-state index contributed by atoms with van der Waals surface area (Å²) < 4.78 is 0. The third-order valence-electron chi connectivity index (χ3n) is 3.54. The number of pyridine rings is 1. The third-order valence-corrected chi connectivity index (χ3v) is 3.98. The summed E-state index contributed by atoms with van der Waals surface area (Å²) >= 11 is 12.0. The standard InChI is InChI=1S/C19H13Cl2N3/c1-12-18(13-5-3-2-4-6-13)7-14(11-22)19(23-12)24-17-9-15(20)8-16(21)10-17/h2-10H,1H3,(H,23,24). The zero-order chi connectivity index (χ0) is 17.1. The first-order valence-corrected chi connectivity index (χ1v) is 8.02. The molecule has 118 valence electrons. The van der Waals surface area contributed by atoms with Gasteiger partial charge in [-0.3, -0.25) is 0 Å². The minimum atomic E-state index is 0.454. The average molecular weight is 354 g/mol. The number of aryl methyl sites for hydroxylation is 1. The van der Waals surface area contributed by atoms with E-state index >= 15 is 0 Å². The molecule has 0 unspecified atom stereocenters. The molecule has 1 N–H and O–H groups in total. The van der Waals surface area contributed by atoms with E-state index in [4.69, 9.17) is 23.2 Å². The molecule has 0 aliphatic heterocycles. The van der Waals surface area contributed by atoms with E-state index in [1.807, 2.05) is 43.3 Å². The van der Waals surface area contributed by atoms with Gasteiger partial charge in [0.25, 0.3) is 0 Å². The van der Waals surface area contributed by atoms with E-state index in [1.165, 1.54) is 0 Å². The fourth-order valence-electron chi connectivity index (χ4n) is 2.46. The average Bonchev–Trinajstić information content (AvgIpc) is 2.55. The number of nitrogens with one attached hydrogen (secondary N) is 1. The molecule has 1 heterocycles. The van der Waals surface area contributed by atoms with Crippen molar-refractivity contribution in [3.63, 3.8) is 0 Å². The van der Waals surface area contributed by atoms with Crippen molar-refractivity contribution in [3.8, 4) is 17.2 Å². The Bertz CT molecular complexity index is 911. The molecule has 0 atom stereocenters. The molecule has 2 aromatic carbocycles. The lowest BCUT2D eigenvalue weighted by atomic mass is 10.0. The first kappa shape index (κ1) is 16.3. The number of halogens is 2. The topological polar surface area (TPSA) is 48.7 Å². The van der Waals surface area contributed by atoms with Gasteiger partial charge in [0.15, 0.2) is 0 Å². The summed E-state index contributed by atoms with van der Waals surface area (Å²) in [4.78, 5) is 4.56.